The smallest absolute Gasteiger partial charge is 0.323 e. The van der Waals surface area contributed by atoms with E-state index in [1.54, 1.807) is 12.1 Å². The van der Waals surface area contributed by atoms with Crippen LogP contribution in [-0.2, 0) is 9.59 Å². The van der Waals surface area contributed by atoms with Gasteiger partial charge in [-0.05, 0) is 49.8 Å². The second-order valence-corrected chi connectivity index (χ2v) is 7.60. The van der Waals surface area contributed by atoms with Crippen molar-refractivity contribution in [2.24, 2.45) is 5.92 Å². The summed E-state index contributed by atoms with van der Waals surface area (Å²) < 4.78 is 0. The van der Waals surface area contributed by atoms with Gasteiger partial charge in [0.2, 0.25) is 5.91 Å². The molecule has 1 saturated heterocycles. The van der Waals surface area contributed by atoms with Crippen LogP contribution >= 0.6 is 23.2 Å². The van der Waals surface area contributed by atoms with E-state index in [1.165, 1.54) is 6.07 Å². The molecule has 0 bridgehead atoms. The molecule has 134 valence electrons. The third-order valence-electron chi connectivity index (χ3n) is 4.88. The zero-order valence-electron chi connectivity index (χ0n) is 13.8. The van der Waals surface area contributed by atoms with Crippen molar-refractivity contribution < 1.29 is 14.4 Å². The van der Waals surface area contributed by atoms with Gasteiger partial charge >= 0.3 is 6.03 Å². The van der Waals surface area contributed by atoms with Gasteiger partial charge in [0.1, 0.15) is 12.1 Å². The summed E-state index contributed by atoms with van der Waals surface area (Å²) in [6, 6.07) is 4.15. The van der Waals surface area contributed by atoms with E-state index in [0.29, 0.717) is 34.5 Å². The molecule has 4 amide bonds. The Bertz CT molecular complexity index is 730. The molecule has 1 spiro atoms. The van der Waals surface area contributed by atoms with Crippen molar-refractivity contribution in [2.75, 3.05) is 11.9 Å². The van der Waals surface area contributed by atoms with Gasteiger partial charge in [0.15, 0.2) is 0 Å². The van der Waals surface area contributed by atoms with E-state index < -0.39 is 17.5 Å². The summed E-state index contributed by atoms with van der Waals surface area (Å²) in [6.45, 7) is 1.78. The zero-order valence-corrected chi connectivity index (χ0v) is 15.3. The number of imide groups is 1. The second-order valence-electron chi connectivity index (χ2n) is 6.76. The van der Waals surface area contributed by atoms with Crippen LogP contribution in [-0.4, -0.2) is 34.8 Å². The van der Waals surface area contributed by atoms with Crippen molar-refractivity contribution in [3.05, 3.63) is 28.2 Å². The van der Waals surface area contributed by atoms with Gasteiger partial charge in [0.05, 0.1) is 10.7 Å². The number of hydrogen-bond acceptors (Lipinski definition) is 3. The van der Waals surface area contributed by atoms with Crippen LogP contribution in [0.1, 0.15) is 32.6 Å². The monoisotopic (exact) mass is 383 g/mol. The van der Waals surface area contributed by atoms with Gasteiger partial charge in [-0.1, -0.05) is 30.1 Å². The van der Waals surface area contributed by atoms with Gasteiger partial charge in [-0.2, -0.15) is 0 Å². The summed E-state index contributed by atoms with van der Waals surface area (Å²) in [5.74, 6) is -0.289. The number of carbonyl (C=O) groups excluding carboxylic acids is 3. The Balaban J connectivity index is 1.68. The van der Waals surface area contributed by atoms with Crippen LogP contribution in [0.2, 0.25) is 10.0 Å². The van der Waals surface area contributed by atoms with Crippen molar-refractivity contribution >= 4 is 46.7 Å². The molecule has 2 aliphatic rings. The lowest BCUT2D eigenvalue weighted by atomic mass is 9.77. The number of urea groups is 1. The summed E-state index contributed by atoms with van der Waals surface area (Å²) >= 11 is 11.9. The summed E-state index contributed by atoms with van der Waals surface area (Å²) in [5, 5.41) is 6.13. The Kier molecular flexibility index (Phi) is 4.93. The second kappa shape index (κ2) is 6.84. The average molecular weight is 384 g/mol. The highest BCUT2D eigenvalue weighted by molar-refractivity contribution is 6.35. The van der Waals surface area contributed by atoms with Gasteiger partial charge in [-0.15, -0.1) is 0 Å². The number of carbonyl (C=O) groups is 3. The quantitative estimate of drug-likeness (QED) is 0.784. The van der Waals surface area contributed by atoms with Crippen LogP contribution in [0.5, 0.6) is 0 Å². The lowest BCUT2D eigenvalue weighted by Crippen LogP contribution is -2.49. The zero-order chi connectivity index (χ0) is 18.2. The van der Waals surface area contributed by atoms with Crippen LogP contribution in [0.3, 0.4) is 0 Å². The molecule has 25 heavy (non-hydrogen) atoms. The van der Waals surface area contributed by atoms with Crippen molar-refractivity contribution in [1.82, 2.24) is 10.2 Å². The SMILES string of the molecule is CC1CCC2(CC1)NC(=O)N(CC(=O)Nc1cc(Cl)ccc1Cl)C2=O. The number of halogens is 2. The number of benzene rings is 1. The van der Waals surface area contributed by atoms with E-state index in [2.05, 4.69) is 17.6 Å². The number of anilines is 1. The first-order valence-electron chi connectivity index (χ1n) is 8.20. The molecule has 1 aliphatic carbocycles. The molecule has 0 unspecified atom stereocenters. The normalized spacial score (nSPS) is 26.0. The van der Waals surface area contributed by atoms with E-state index in [9.17, 15) is 14.4 Å². The van der Waals surface area contributed by atoms with Gasteiger partial charge in [-0.3, -0.25) is 14.5 Å². The van der Waals surface area contributed by atoms with Gasteiger partial charge in [-0.25, -0.2) is 4.79 Å². The maximum absolute atomic E-state index is 12.7. The minimum Gasteiger partial charge on any atom is -0.323 e. The molecule has 1 aromatic carbocycles. The molecule has 8 heteroatoms. The Morgan fingerprint density at radius 1 is 1.32 bits per heavy atom. The Labute approximate surface area is 155 Å². The molecular formula is C17H19Cl2N3O3. The van der Waals surface area contributed by atoms with E-state index >= 15 is 0 Å². The highest BCUT2D eigenvalue weighted by Crippen LogP contribution is 2.36. The summed E-state index contributed by atoms with van der Waals surface area (Å²) in [4.78, 5) is 38.2. The maximum Gasteiger partial charge on any atom is 0.325 e. The van der Waals surface area contributed by atoms with Crippen LogP contribution in [0.15, 0.2) is 18.2 Å². The Hall–Kier alpha value is -1.79. The summed E-state index contributed by atoms with van der Waals surface area (Å²) in [6.07, 6.45) is 2.97. The molecule has 2 N–H and O–H groups in total. The lowest BCUT2D eigenvalue weighted by Gasteiger charge is -2.33. The van der Waals surface area contributed by atoms with E-state index in [0.717, 1.165) is 17.7 Å². The van der Waals surface area contributed by atoms with Crippen LogP contribution in [0, 0.1) is 5.92 Å². The third kappa shape index (κ3) is 3.60. The topological polar surface area (TPSA) is 78.5 Å². The lowest BCUT2D eigenvalue weighted by molar-refractivity contribution is -0.135. The van der Waals surface area contributed by atoms with E-state index in [1.807, 2.05) is 0 Å². The minimum absolute atomic E-state index is 0.322. The predicted octanol–water partition coefficient (Wildman–Crippen LogP) is 3.43. The Morgan fingerprint density at radius 2 is 2.00 bits per heavy atom. The molecule has 0 atom stereocenters. The molecule has 1 saturated carbocycles. The van der Waals surface area contributed by atoms with Crippen LogP contribution in [0.25, 0.3) is 0 Å². The van der Waals surface area contributed by atoms with Gasteiger partial charge < -0.3 is 10.6 Å². The number of amides is 4. The van der Waals surface area contributed by atoms with Gasteiger partial charge in [0.25, 0.3) is 5.91 Å². The molecule has 6 nitrogen and oxygen atoms in total. The van der Waals surface area contributed by atoms with E-state index in [4.69, 9.17) is 23.2 Å². The third-order valence-corrected chi connectivity index (χ3v) is 5.44. The fourth-order valence-electron chi connectivity index (χ4n) is 3.34. The number of rotatable bonds is 3. The minimum atomic E-state index is -0.850. The highest BCUT2D eigenvalue weighted by atomic mass is 35.5. The summed E-state index contributed by atoms with van der Waals surface area (Å²) in [7, 11) is 0. The standard InChI is InChI=1S/C17H19Cl2N3O3/c1-10-4-6-17(7-5-10)15(24)22(16(25)21-17)9-14(23)20-13-8-11(18)2-3-12(13)19/h2-3,8,10H,4-7,9H2,1H3,(H,20,23)(H,21,25). The van der Waals surface area contributed by atoms with E-state index in [-0.39, 0.29) is 12.5 Å². The average Bonchev–Trinajstić information content (AvgIpc) is 2.78. The van der Waals surface area contributed by atoms with Crippen molar-refractivity contribution in [1.29, 1.82) is 0 Å². The summed E-state index contributed by atoms with van der Waals surface area (Å²) in [5.41, 5.74) is -0.509. The first-order valence-corrected chi connectivity index (χ1v) is 8.95. The maximum atomic E-state index is 12.7. The molecule has 1 aromatic rings. The number of hydrogen-bond donors (Lipinski definition) is 2. The predicted molar refractivity (Wildman–Crippen MR) is 95.7 cm³/mol. The van der Waals surface area contributed by atoms with Crippen LogP contribution in [0.4, 0.5) is 10.5 Å². The van der Waals surface area contributed by atoms with Crippen molar-refractivity contribution in [3.8, 4) is 0 Å². The largest absolute Gasteiger partial charge is 0.325 e. The van der Waals surface area contributed by atoms with Crippen molar-refractivity contribution in [2.45, 2.75) is 38.1 Å². The number of nitrogens with one attached hydrogen (secondary N) is 2. The fourth-order valence-corrected chi connectivity index (χ4v) is 3.68. The molecule has 0 aromatic heterocycles. The van der Waals surface area contributed by atoms with Gasteiger partial charge in [0, 0.05) is 5.02 Å². The fraction of sp³-hybridized carbons (Fsp3) is 0.471. The first-order chi connectivity index (χ1) is 11.8. The molecule has 1 aliphatic heterocycles. The van der Waals surface area contributed by atoms with Crippen LogP contribution < -0.4 is 10.6 Å². The molecular weight excluding hydrogens is 365 g/mol. The molecule has 0 radical (unpaired) electrons. The molecule has 2 fully saturated rings. The number of nitrogens with zero attached hydrogens (tertiary/aromatic N) is 1. The highest BCUT2D eigenvalue weighted by Gasteiger charge is 2.52. The van der Waals surface area contributed by atoms with Crippen molar-refractivity contribution in [3.63, 3.8) is 0 Å². The first kappa shape index (κ1) is 18.0. The Morgan fingerprint density at radius 3 is 2.68 bits per heavy atom. The molecule has 1 heterocycles. The molecule has 3 rings (SSSR count).